The Kier molecular flexibility index (Phi) is 5.38. The van der Waals surface area contributed by atoms with Crippen LogP contribution in [-0.2, 0) is 4.79 Å². The average molecular weight is 338 g/mol. The summed E-state index contributed by atoms with van der Waals surface area (Å²) in [5.74, 6) is -1.83. The van der Waals surface area contributed by atoms with Gasteiger partial charge in [0, 0.05) is 0 Å². The molecule has 2 rings (SSSR count). The number of carboxylic acids is 1. The Morgan fingerprint density at radius 1 is 1.24 bits per heavy atom. The molecule has 0 fully saturated rings. The molecule has 2 aromatic carbocycles. The fraction of sp³-hybridized carbons (Fsp3) is 0.0556. The zero-order valence-electron chi connectivity index (χ0n) is 13.2. The van der Waals surface area contributed by atoms with E-state index in [1.54, 1.807) is 18.2 Å². The Balaban J connectivity index is 2.29. The van der Waals surface area contributed by atoms with Crippen LogP contribution in [0.3, 0.4) is 0 Å². The van der Waals surface area contributed by atoms with Crippen LogP contribution in [0.15, 0.2) is 48.0 Å². The Morgan fingerprint density at radius 2 is 1.96 bits per heavy atom. The molecule has 0 aromatic heterocycles. The molecule has 7 nitrogen and oxygen atoms in total. The van der Waals surface area contributed by atoms with Gasteiger partial charge in [0.25, 0.3) is 5.91 Å². The van der Waals surface area contributed by atoms with Crippen LogP contribution in [-0.4, -0.2) is 29.2 Å². The molecule has 0 aliphatic carbocycles. The Labute approximate surface area is 143 Å². The lowest BCUT2D eigenvalue weighted by Crippen LogP contribution is -2.16. The van der Waals surface area contributed by atoms with E-state index in [1.807, 2.05) is 0 Å². The molecule has 0 bridgehead atoms. The van der Waals surface area contributed by atoms with Gasteiger partial charge in [-0.15, -0.1) is 0 Å². The van der Waals surface area contributed by atoms with Gasteiger partial charge in [-0.1, -0.05) is 18.2 Å². The van der Waals surface area contributed by atoms with Gasteiger partial charge in [0.1, 0.15) is 11.6 Å². The van der Waals surface area contributed by atoms with E-state index in [0.29, 0.717) is 5.56 Å². The van der Waals surface area contributed by atoms with Gasteiger partial charge in [-0.25, -0.2) is 4.79 Å². The lowest BCUT2D eigenvalue weighted by molar-refractivity contribution is -0.112. The fourth-order valence-corrected chi connectivity index (χ4v) is 2.08. The number of nitrogens with one attached hydrogen (secondary N) is 1. The van der Waals surface area contributed by atoms with E-state index in [-0.39, 0.29) is 28.3 Å². The Hall–Kier alpha value is -3.79. The third kappa shape index (κ3) is 4.14. The number of hydrogen-bond acceptors (Lipinski definition) is 5. The number of nitriles is 1. The molecule has 25 heavy (non-hydrogen) atoms. The lowest BCUT2D eigenvalue weighted by Gasteiger charge is -2.08. The SMILES string of the molecule is COc1ccc(C=C(C#N)C(=O)Nc2ccccc2C(=O)O)cc1O. The summed E-state index contributed by atoms with van der Waals surface area (Å²) in [6.45, 7) is 0. The molecular weight excluding hydrogens is 324 g/mol. The zero-order chi connectivity index (χ0) is 18.4. The predicted molar refractivity (Wildman–Crippen MR) is 90.3 cm³/mol. The predicted octanol–water partition coefficient (Wildman–Crippen LogP) is 2.64. The van der Waals surface area contributed by atoms with E-state index in [9.17, 15) is 20.0 Å². The van der Waals surface area contributed by atoms with Crippen LogP contribution in [0.5, 0.6) is 11.5 Å². The minimum Gasteiger partial charge on any atom is -0.504 e. The smallest absolute Gasteiger partial charge is 0.337 e. The molecule has 7 heteroatoms. The molecular formula is C18H14N2O5. The van der Waals surface area contributed by atoms with Gasteiger partial charge in [0.05, 0.1) is 18.4 Å². The van der Waals surface area contributed by atoms with Gasteiger partial charge in [-0.2, -0.15) is 5.26 Å². The van der Waals surface area contributed by atoms with Crippen LogP contribution < -0.4 is 10.1 Å². The minimum absolute atomic E-state index is 0.0822. The summed E-state index contributed by atoms with van der Waals surface area (Å²) in [4.78, 5) is 23.4. The van der Waals surface area contributed by atoms with Crippen molar-refractivity contribution in [2.45, 2.75) is 0 Å². The van der Waals surface area contributed by atoms with Crippen molar-refractivity contribution in [2.24, 2.45) is 0 Å². The second kappa shape index (κ2) is 7.66. The van der Waals surface area contributed by atoms with Crippen molar-refractivity contribution in [3.8, 4) is 17.6 Å². The number of benzene rings is 2. The third-order valence-corrected chi connectivity index (χ3v) is 3.28. The molecule has 0 aliphatic rings. The summed E-state index contributed by atoms with van der Waals surface area (Å²) in [6.07, 6.45) is 1.28. The van der Waals surface area contributed by atoms with E-state index < -0.39 is 11.9 Å². The molecule has 0 atom stereocenters. The highest BCUT2D eigenvalue weighted by molar-refractivity contribution is 6.11. The summed E-state index contributed by atoms with van der Waals surface area (Å²) in [5, 5.41) is 30.5. The van der Waals surface area contributed by atoms with Gasteiger partial charge >= 0.3 is 5.97 Å². The first kappa shape index (κ1) is 17.6. The van der Waals surface area contributed by atoms with Crippen LogP contribution in [0.4, 0.5) is 5.69 Å². The van der Waals surface area contributed by atoms with Crippen LogP contribution in [0.2, 0.25) is 0 Å². The summed E-state index contributed by atoms with van der Waals surface area (Å²) in [7, 11) is 1.40. The van der Waals surface area contributed by atoms with Gasteiger partial charge in [-0.3, -0.25) is 4.79 Å². The number of amides is 1. The minimum atomic E-state index is -1.20. The quantitative estimate of drug-likeness (QED) is 0.569. The number of ether oxygens (including phenoxy) is 1. The number of phenolic OH excluding ortho intramolecular Hbond substituents is 1. The van der Waals surface area contributed by atoms with Crippen molar-refractivity contribution in [3.63, 3.8) is 0 Å². The molecule has 1 amide bonds. The molecule has 0 radical (unpaired) electrons. The summed E-state index contributed by atoms with van der Waals surface area (Å²) in [6, 6.07) is 12.0. The second-order valence-corrected chi connectivity index (χ2v) is 4.91. The number of methoxy groups -OCH3 is 1. The number of para-hydroxylation sites is 1. The van der Waals surface area contributed by atoms with Crippen molar-refractivity contribution in [2.75, 3.05) is 12.4 Å². The number of carboxylic acid groups (broad SMARTS) is 1. The monoisotopic (exact) mass is 338 g/mol. The maximum absolute atomic E-state index is 12.2. The summed E-state index contributed by atoms with van der Waals surface area (Å²) < 4.78 is 4.92. The number of phenols is 1. The molecule has 0 unspecified atom stereocenters. The highest BCUT2D eigenvalue weighted by Gasteiger charge is 2.15. The fourth-order valence-electron chi connectivity index (χ4n) is 2.08. The molecule has 0 aliphatic heterocycles. The van der Waals surface area contributed by atoms with Crippen LogP contribution >= 0.6 is 0 Å². The Bertz CT molecular complexity index is 897. The molecule has 0 spiro atoms. The van der Waals surface area contributed by atoms with Crippen LogP contribution in [0.25, 0.3) is 6.08 Å². The summed E-state index contributed by atoms with van der Waals surface area (Å²) in [5.41, 5.74) is 0.162. The number of carbonyl (C=O) groups is 2. The molecule has 0 heterocycles. The number of nitrogens with zero attached hydrogens (tertiary/aromatic N) is 1. The van der Waals surface area contributed by atoms with Crippen molar-refractivity contribution >= 4 is 23.6 Å². The molecule has 126 valence electrons. The average Bonchev–Trinajstić information content (AvgIpc) is 2.60. The van der Waals surface area contributed by atoms with Gasteiger partial charge in [0.2, 0.25) is 0 Å². The van der Waals surface area contributed by atoms with Crippen molar-refractivity contribution in [1.82, 2.24) is 0 Å². The number of hydrogen-bond donors (Lipinski definition) is 3. The van der Waals surface area contributed by atoms with Crippen LogP contribution in [0.1, 0.15) is 15.9 Å². The molecule has 0 saturated carbocycles. The second-order valence-electron chi connectivity index (χ2n) is 4.91. The maximum atomic E-state index is 12.2. The largest absolute Gasteiger partial charge is 0.504 e. The number of carbonyl (C=O) groups excluding carboxylic acids is 1. The highest BCUT2D eigenvalue weighted by Crippen LogP contribution is 2.27. The van der Waals surface area contributed by atoms with E-state index in [1.165, 1.54) is 43.5 Å². The van der Waals surface area contributed by atoms with Gasteiger partial charge in [0.15, 0.2) is 11.5 Å². The standard InChI is InChI=1S/C18H14N2O5/c1-25-16-7-6-11(9-15(16)21)8-12(10-19)17(22)20-14-5-3-2-4-13(14)18(23)24/h2-9,21H,1H3,(H,20,22)(H,23,24). The third-order valence-electron chi connectivity index (χ3n) is 3.28. The zero-order valence-corrected chi connectivity index (χ0v) is 13.2. The maximum Gasteiger partial charge on any atom is 0.337 e. The Morgan fingerprint density at radius 3 is 2.56 bits per heavy atom. The van der Waals surface area contributed by atoms with E-state index in [2.05, 4.69) is 5.32 Å². The highest BCUT2D eigenvalue weighted by atomic mass is 16.5. The van der Waals surface area contributed by atoms with Crippen LogP contribution in [0, 0.1) is 11.3 Å². The molecule has 0 saturated heterocycles. The van der Waals surface area contributed by atoms with E-state index >= 15 is 0 Å². The number of rotatable bonds is 5. The first-order valence-corrected chi connectivity index (χ1v) is 7.08. The molecule has 2 aromatic rings. The summed E-state index contributed by atoms with van der Waals surface area (Å²) >= 11 is 0. The van der Waals surface area contributed by atoms with Gasteiger partial charge < -0.3 is 20.3 Å². The lowest BCUT2D eigenvalue weighted by atomic mass is 10.1. The first-order chi connectivity index (χ1) is 12.0. The van der Waals surface area contributed by atoms with Crippen molar-refractivity contribution in [3.05, 3.63) is 59.2 Å². The number of aromatic hydroxyl groups is 1. The van der Waals surface area contributed by atoms with Gasteiger partial charge in [-0.05, 0) is 35.9 Å². The first-order valence-electron chi connectivity index (χ1n) is 7.08. The normalized spacial score (nSPS) is 10.6. The van der Waals surface area contributed by atoms with Crippen molar-refractivity contribution in [1.29, 1.82) is 5.26 Å². The van der Waals surface area contributed by atoms with E-state index in [0.717, 1.165) is 0 Å². The molecule has 3 N–H and O–H groups in total. The van der Waals surface area contributed by atoms with Crippen molar-refractivity contribution < 1.29 is 24.5 Å². The number of anilines is 1. The number of aromatic carboxylic acids is 1. The van der Waals surface area contributed by atoms with E-state index in [4.69, 9.17) is 9.84 Å². The topological polar surface area (TPSA) is 120 Å².